The highest BCUT2D eigenvalue weighted by molar-refractivity contribution is 5.72. The van der Waals surface area contributed by atoms with Gasteiger partial charge in [-0.15, -0.1) is 0 Å². The zero-order valence-corrected chi connectivity index (χ0v) is 12.6. The number of benzene rings is 1. The van der Waals surface area contributed by atoms with Gasteiger partial charge in [0.1, 0.15) is 0 Å². The number of carbonyl (C=O) groups is 1. The maximum atomic E-state index is 11.5. The van der Waals surface area contributed by atoms with Gasteiger partial charge in [0.15, 0.2) is 0 Å². The molecule has 7 heteroatoms. The fourth-order valence-corrected chi connectivity index (χ4v) is 2.04. The number of hydrogen-bond acceptors (Lipinski definition) is 6. The van der Waals surface area contributed by atoms with Crippen LogP contribution in [-0.4, -0.2) is 46.9 Å². The lowest BCUT2D eigenvalue weighted by Crippen LogP contribution is -2.31. The topological polar surface area (TPSA) is 73.1 Å². The smallest absolute Gasteiger partial charge is 0.310 e. The Morgan fingerprint density at radius 3 is 2.67 bits per heavy atom. The minimum Gasteiger partial charge on any atom is -0.469 e. The predicted octanol–water partition coefficient (Wildman–Crippen LogP) is 1.22. The monoisotopic (exact) mass is 289 g/mol. The van der Waals surface area contributed by atoms with Crippen LogP contribution in [0.2, 0.25) is 0 Å². The molecule has 0 aliphatic rings. The van der Waals surface area contributed by atoms with E-state index < -0.39 is 0 Å². The first-order valence-corrected chi connectivity index (χ1v) is 6.67. The van der Waals surface area contributed by atoms with Crippen LogP contribution >= 0.6 is 0 Å². The Morgan fingerprint density at radius 2 is 2.05 bits per heavy atom. The van der Waals surface area contributed by atoms with Crippen LogP contribution < -0.4 is 4.90 Å². The van der Waals surface area contributed by atoms with E-state index in [1.54, 1.807) is 4.68 Å². The number of aryl methyl sites for hydroxylation is 1. The van der Waals surface area contributed by atoms with E-state index in [2.05, 4.69) is 15.5 Å². The van der Waals surface area contributed by atoms with Gasteiger partial charge in [-0.25, -0.2) is 0 Å². The Labute approximate surface area is 123 Å². The third-order valence-electron chi connectivity index (χ3n) is 3.22. The van der Waals surface area contributed by atoms with E-state index in [9.17, 15) is 4.79 Å². The van der Waals surface area contributed by atoms with Crippen molar-refractivity contribution in [3.05, 3.63) is 29.8 Å². The van der Waals surface area contributed by atoms with Gasteiger partial charge in [-0.3, -0.25) is 4.79 Å². The van der Waals surface area contributed by atoms with Crippen LogP contribution in [0.3, 0.4) is 0 Å². The summed E-state index contributed by atoms with van der Waals surface area (Å²) in [5.74, 6) is 0.0639. The summed E-state index contributed by atoms with van der Waals surface area (Å²) < 4.78 is 6.38. The largest absolute Gasteiger partial charge is 0.469 e. The third kappa shape index (κ3) is 3.36. The molecule has 1 unspecified atom stereocenters. The number of carbonyl (C=O) groups excluding carboxylic acids is 1. The minimum absolute atomic E-state index is 0.254. The lowest BCUT2D eigenvalue weighted by molar-refractivity contribution is -0.144. The number of esters is 1. The van der Waals surface area contributed by atoms with E-state index in [1.165, 1.54) is 12.7 Å². The highest BCUT2D eigenvalue weighted by atomic mass is 16.5. The summed E-state index contributed by atoms with van der Waals surface area (Å²) in [6.45, 7) is 4.30. The Bertz CT molecular complexity index is 608. The quantitative estimate of drug-likeness (QED) is 0.770. The zero-order chi connectivity index (χ0) is 15.4. The number of anilines is 1. The molecular weight excluding hydrogens is 270 g/mol. The molecule has 0 saturated carbocycles. The molecule has 7 nitrogen and oxygen atoms in total. The van der Waals surface area contributed by atoms with Crippen molar-refractivity contribution >= 4 is 11.9 Å². The molecule has 112 valence electrons. The van der Waals surface area contributed by atoms with Crippen molar-refractivity contribution in [3.8, 4) is 5.69 Å². The maximum absolute atomic E-state index is 11.5. The molecule has 0 spiro atoms. The Hall–Kier alpha value is -2.44. The molecule has 21 heavy (non-hydrogen) atoms. The number of methoxy groups -OCH3 is 1. The Balaban J connectivity index is 2.20. The van der Waals surface area contributed by atoms with E-state index in [0.717, 1.165) is 5.69 Å². The molecule has 0 N–H and O–H groups in total. The Morgan fingerprint density at radius 1 is 1.38 bits per heavy atom. The summed E-state index contributed by atoms with van der Waals surface area (Å²) in [6.07, 6.45) is 0. The van der Waals surface area contributed by atoms with Gasteiger partial charge >= 0.3 is 5.97 Å². The molecule has 2 aromatic rings. The fourth-order valence-electron chi connectivity index (χ4n) is 2.04. The lowest BCUT2D eigenvalue weighted by atomic mass is 10.2. The van der Waals surface area contributed by atoms with Crippen molar-refractivity contribution in [1.29, 1.82) is 0 Å². The van der Waals surface area contributed by atoms with E-state index in [4.69, 9.17) is 4.74 Å². The van der Waals surface area contributed by atoms with Crippen molar-refractivity contribution in [2.75, 3.05) is 25.6 Å². The van der Waals surface area contributed by atoms with Crippen LogP contribution in [0.4, 0.5) is 5.95 Å². The summed E-state index contributed by atoms with van der Waals surface area (Å²) >= 11 is 0. The summed E-state index contributed by atoms with van der Waals surface area (Å²) in [5, 5.41) is 11.8. The summed E-state index contributed by atoms with van der Waals surface area (Å²) in [7, 11) is 3.23. The van der Waals surface area contributed by atoms with Crippen LogP contribution in [-0.2, 0) is 9.53 Å². The van der Waals surface area contributed by atoms with Crippen molar-refractivity contribution in [3.63, 3.8) is 0 Å². The first-order chi connectivity index (χ1) is 10.0. The second-order valence-electron chi connectivity index (χ2n) is 5.03. The molecule has 1 aromatic heterocycles. The molecular formula is C14H19N5O2. The molecule has 0 aliphatic heterocycles. The number of nitrogens with zero attached hydrogens (tertiary/aromatic N) is 5. The van der Waals surface area contributed by atoms with Gasteiger partial charge in [0.2, 0.25) is 5.95 Å². The second-order valence-corrected chi connectivity index (χ2v) is 5.03. The fraction of sp³-hybridized carbons (Fsp3) is 0.429. The number of rotatable bonds is 5. The standard InChI is InChI=1S/C14H19N5O2/c1-10-5-7-12(8-6-10)19-14(15-16-17-19)18(3)9-11(2)13(20)21-4/h5-8,11H,9H2,1-4H3. The average molecular weight is 289 g/mol. The van der Waals surface area contributed by atoms with E-state index >= 15 is 0 Å². The second kappa shape index (κ2) is 6.34. The molecule has 0 fully saturated rings. The predicted molar refractivity (Wildman–Crippen MR) is 78.3 cm³/mol. The van der Waals surface area contributed by atoms with Gasteiger partial charge in [-0.2, -0.15) is 4.68 Å². The number of ether oxygens (including phenoxy) is 1. The molecule has 1 aromatic carbocycles. The van der Waals surface area contributed by atoms with Gasteiger partial charge < -0.3 is 9.64 Å². The van der Waals surface area contributed by atoms with Crippen LogP contribution in [0.15, 0.2) is 24.3 Å². The average Bonchev–Trinajstić information content (AvgIpc) is 2.96. The molecule has 0 amide bonds. The molecule has 0 saturated heterocycles. The van der Waals surface area contributed by atoms with Gasteiger partial charge in [0, 0.05) is 13.6 Å². The minimum atomic E-state index is -0.261. The number of hydrogen-bond donors (Lipinski definition) is 0. The first-order valence-electron chi connectivity index (χ1n) is 6.67. The highest BCUT2D eigenvalue weighted by Gasteiger charge is 2.19. The SMILES string of the molecule is COC(=O)C(C)CN(C)c1nnnn1-c1ccc(C)cc1. The number of aromatic nitrogens is 4. The van der Waals surface area contributed by atoms with Crippen molar-refractivity contribution in [2.24, 2.45) is 5.92 Å². The van der Waals surface area contributed by atoms with E-state index in [-0.39, 0.29) is 11.9 Å². The van der Waals surface area contributed by atoms with Gasteiger partial charge in [-0.05, 0) is 29.5 Å². The Kier molecular flexibility index (Phi) is 4.52. The molecule has 2 rings (SSSR count). The summed E-state index contributed by atoms with van der Waals surface area (Å²) in [4.78, 5) is 13.3. The summed E-state index contributed by atoms with van der Waals surface area (Å²) in [5.41, 5.74) is 2.04. The molecule has 1 heterocycles. The van der Waals surface area contributed by atoms with Gasteiger partial charge in [0.25, 0.3) is 0 Å². The highest BCUT2D eigenvalue weighted by Crippen LogP contribution is 2.16. The molecule has 0 bridgehead atoms. The molecule has 1 atom stereocenters. The van der Waals surface area contributed by atoms with Crippen molar-refractivity contribution < 1.29 is 9.53 Å². The van der Waals surface area contributed by atoms with Crippen molar-refractivity contribution in [2.45, 2.75) is 13.8 Å². The van der Waals surface area contributed by atoms with Crippen molar-refractivity contribution in [1.82, 2.24) is 20.2 Å². The van der Waals surface area contributed by atoms with E-state index in [0.29, 0.717) is 12.5 Å². The summed E-state index contributed by atoms with van der Waals surface area (Å²) in [6, 6.07) is 7.90. The van der Waals surface area contributed by atoms with Gasteiger partial charge in [-0.1, -0.05) is 29.7 Å². The van der Waals surface area contributed by atoms with E-state index in [1.807, 2.05) is 50.1 Å². The van der Waals surface area contributed by atoms with Crippen LogP contribution in [0.1, 0.15) is 12.5 Å². The zero-order valence-electron chi connectivity index (χ0n) is 12.6. The first kappa shape index (κ1) is 15.0. The van der Waals surface area contributed by atoms with Crippen LogP contribution in [0.25, 0.3) is 5.69 Å². The maximum Gasteiger partial charge on any atom is 0.310 e. The van der Waals surface area contributed by atoms with Gasteiger partial charge in [0.05, 0.1) is 18.7 Å². The third-order valence-corrected chi connectivity index (χ3v) is 3.22. The molecule has 0 radical (unpaired) electrons. The lowest BCUT2D eigenvalue weighted by Gasteiger charge is -2.20. The number of tetrazole rings is 1. The van der Waals surface area contributed by atoms with Crippen LogP contribution in [0, 0.1) is 12.8 Å². The molecule has 0 aliphatic carbocycles. The van der Waals surface area contributed by atoms with Crippen LogP contribution in [0.5, 0.6) is 0 Å². The normalized spacial score (nSPS) is 12.0.